The van der Waals surface area contributed by atoms with Crippen LogP contribution in [0.25, 0.3) is 0 Å². The van der Waals surface area contributed by atoms with Crippen molar-refractivity contribution in [3.05, 3.63) is 0 Å². The van der Waals surface area contributed by atoms with Crippen LogP contribution in [0.5, 0.6) is 0 Å². The fourth-order valence-electron chi connectivity index (χ4n) is 4.04. The summed E-state index contributed by atoms with van der Waals surface area (Å²) in [5.41, 5.74) is 0. The number of amides is 2. The van der Waals surface area contributed by atoms with Gasteiger partial charge in [-0.2, -0.15) is 0 Å². The van der Waals surface area contributed by atoms with Gasteiger partial charge in [-0.15, -0.1) is 0 Å². The van der Waals surface area contributed by atoms with Crippen LogP contribution in [0, 0.1) is 5.92 Å². The number of nitrogens with zero attached hydrogens (tertiary/aromatic N) is 2. The van der Waals surface area contributed by atoms with Crippen molar-refractivity contribution in [2.45, 2.75) is 83.7 Å². The third-order valence-electron chi connectivity index (χ3n) is 5.48. The molecule has 1 aliphatic heterocycles. The van der Waals surface area contributed by atoms with E-state index in [0.717, 1.165) is 31.8 Å². The van der Waals surface area contributed by atoms with Crippen molar-refractivity contribution in [3.63, 3.8) is 0 Å². The molecule has 0 aromatic carbocycles. The summed E-state index contributed by atoms with van der Waals surface area (Å²) < 4.78 is 0. The summed E-state index contributed by atoms with van der Waals surface area (Å²) in [7, 11) is 2.00. The van der Waals surface area contributed by atoms with Gasteiger partial charge in [0.15, 0.2) is 0 Å². The topological polar surface area (TPSA) is 35.6 Å². The zero-order chi connectivity index (χ0) is 16.7. The summed E-state index contributed by atoms with van der Waals surface area (Å²) in [6, 6.07) is 0.955. The predicted octanol–water partition coefficient (Wildman–Crippen LogP) is 3.86. The van der Waals surface area contributed by atoms with Crippen LogP contribution in [0.4, 0.5) is 4.79 Å². The lowest BCUT2D eigenvalue weighted by atomic mass is 9.96. The third kappa shape index (κ3) is 6.33. The second kappa shape index (κ2) is 9.51. The quantitative estimate of drug-likeness (QED) is 0.852. The maximum atomic E-state index is 12.6. The lowest BCUT2D eigenvalue weighted by Gasteiger charge is -2.35. The van der Waals surface area contributed by atoms with Gasteiger partial charge in [-0.25, -0.2) is 4.79 Å². The Balaban J connectivity index is 1.73. The maximum absolute atomic E-state index is 12.6. The van der Waals surface area contributed by atoms with E-state index in [-0.39, 0.29) is 6.03 Å². The molecule has 23 heavy (non-hydrogen) atoms. The largest absolute Gasteiger partial charge is 0.335 e. The molecule has 0 aromatic heterocycles. The number of carbonyl (C=O) groups excluding carboxylic acids is 1. The van der Waals surface area contributed by atoms with Gasteiger partial charge in [0.05, 0.1) is 0 Å². The molecule has 134 valence electrons. The summed E-state index contributed by atoms with van der Waals surface area (Å²) >= 11 is 0. The highest BCUT2D eigenvalue weighted by atomic mass is 16.2. The first-order chi connectivity index (χ1) is 11.1. The Morgan fingerprint density at radius 3 is 2.17 bits per heavy atom. The minimum atomic E-state index is 0.151. The maximum Gasteiger partial charge on any atom is 0.317 e. The zero-order valence-electron chi connectivity index (χ0n) is 15.5. The van der Waals surface area contributed by atoms with E-state index in [1.807, 2.05) is 11.9 Å². The van der Waals surface area contributed by atoms with Crippen LogP contribution in [0.3, 0.4) is 0 Å². The Morgan fingerprint density at radius 2 is 1.61 bits per heavy atom. The van der Waals surface area contributed by atoms with E-state index in [4.69, 9.17) is 0 Å². The highest BCUT2D eigenvalue weighted by molar-refractivity contribution is 5.74. The second-order valence-electron chi connectivity index (χ2n) is 8.03. The Labute approximate surface area is 143 Å². The molecule has 1 aliphatic carbocycles. The van der Waals surface area contributed by atoms with Crippen LogP contribution < -0.4 is 5.32 Å². The Bertz CT molecular complexity index is 343. The van der Waals surface area contributed by atoms with Crippen molar-refractivity contribution in [2.75, 3.05) is 26.7 Å². The molecular formula is C19H37N3O. The van der Waals surface area contributed by atoms with E-state index in [1.54, 1.807) is 0 Å². The fourth-order valence-corrected chi connectivity index (χ4v) is 4.04. The minimum Gasteiger partial charge on any atom is -0.335 e. The molecule has 1 N–H and O–H groups in total. The Morgan fingerprint density at radius 1 is 1.04 bits per heavy atom. The fraction of sp³-hybridized carbons (Fsp3) is 0.947. The number of carbonyl (C=O) groups is 1. The van der Waals surface area contributed by atoms with Crippen LogP contribution >= 0.6 is 0 Å². The number of hydrogen-bond donors (Lipinski definition) is 1. The molecule has 2 aliphatic rings. The monoisotopic (exact) mass is 323 g/mol. The van der Waals surface area contributed by atoms with E-state index in [1.165, 1.54) is 51.5 Å². The average molecular weight is 324 g/mol. The van der Waals surface area contributed by atoms with Gasteiger partial charge in [0.25, 0.3) is 0 Å². The second-order valence-corrected chi connectivity index (χ2v) is 8.03. The summed E-state index contributed by atoms with van der Waals surface area (Å²) in [6.45, 7) is 7.98. The number of hydrogen-bond acceptors (Lipinski definition) is 2. The summed E-state index contributed by atoms with van der Waals surface area (Å²) in [4.78, 5) is 17.1. The molecular weight excluding hydrogens is 286 g/mol. The van der Waals surface area contributed by atoms with Crippen molar-refractivity contribution in [1.82, 2.24) is 15.1 Å². The van der Waals surface area contributed by atoms with E-state index in [2.05, 4.69) is 24.1 Å². The van der Waals surface area contributed by atoms with Gasteiger partial charge in [0.2, 0.25) is 0 Å². The SMILES string of the molecule is CC(C)CN1CCC(NC(=O)N(C)C2CCCCCCC2)CC1. The van der Waals surface area contributed by atoms with E-state index >= 15 is 0 Å². The van der Waals surface area contributed by atoms with Crippen LogP contribution in [-0.4, -0.2) is 54.6 Å². The molecule has 2 fully saturated rings. The first-order valence-corrected chi connectivity index (χ1v) is 9.82. The van der Waals surface area contributed by atoms with Gasteiger partial charge in [-0.05, 0) is 31.6 Å². The molecule has 4 nitrogen and oxygen atoms in total. The minimum absolute atomic E-state index is 0.151. The Kier molecular flexibility index (Phi) is 7.68. The molecule has 1 saturated carbocycles. The molecule has 0 aromatic rings. The highest BCUT2D eigenvalue weighted by Gasteiger charge is 2.25. The van der Waals surface area contributed by atoms with Gasteiger partial charge in [0.1, 0.15) is 0 Å². The Hall–Kier alpha value is -0.770. The molecule has 0 bridgehead atoms. The average Bonchev–Trinajstić information content (AvgIpc) is 2.48. The predicted molar refractivity (Wildman–Crippen MR) is 96.7 cm³/mol. The molecule has 0 atom stereocenters. The molecule has 0 radical (unpaired) electrons. The van der Waals surface area contributed by atoms with Crippen LogP contribution in [0.2, 0.25) is 0 Å². The van der Waals surface area contributed by atoms with E-state index in [9.17, 15) is 4.79 Å². The lowest BCUT2D eigenvalue weighted by Crippen LogP contribution is -2.51. The first kappa shape index (κ1) is 18.6. The molecule has 4 heteroatoms. The number of rotatable bonds is 4. The van der Waals surface area contributed by atoms with Gasteiger partial charge in [-0.3, -0.25) is 0 Å². The first-order valence-electron chi connectivity index (χ1n) is 9.82. The van der Waals surface area contributed by atoms with Crippen molar-refractivity contribution in [2.24, 2.45) is 5.92 Å². The van der Waals surface area contributed by atoms with Crippen LogP contribution in [0.15, 0.2) is 0 Å². The van der Waals surface area contributed by atoms with Gasteiger partial charge < -0.3 is 15.1 Å². The van der Waals surface area contributed by atoms with E-state index in [0.29, 0.717) is 12.1 Å². The molecule has 1 heterocycles. The summed E-state index contributed by atoms with van der Waals surface area (Å²) in [5, 5.41) is 3.29. The molecule has 1 saturated heterocycles. The number of likely N-dealkylation sites (tertiary alicyclic amines) is 1. The van der Waals surface area contributed by atoms with Crippen LogP contribution in [0.1, 0.15) is 71.6 Å². The van der Waals surface area contributed by atoms with Crippen LogP contribution in [-0.2, 0) is 0 Å². The smallest absolute Gasteiger partial charge is 0.317 e. The number of nitrogens with one attached hydrogen (secondary N) is 1. The molecule has 2 amide bonds. The van der Waals surface area contributed by atoms with Gasteiger partial charge in [0, 0.05) is 38.8 Å². The lowest BCUT2D eigenvalue weighted by molar-refractivity contribution is 0.155. The molecule has 0 unspecified atom stereocenters. The summed E-state index contributed by atoms with van der Waals surface area (Å²) in [6.07, 6.45) is 11.1. The third-order valence-corrected chi connectivity index (χ3v) is 5.48. The standard InChI is InChI=1S/C19H37N3O/c1-16(2)15-22-13-11-17(12-14-22)20-19(23)21(3)18-9-7-5-4-6-8-10-18/h16-18H,4-15H2,1-3H3,(H,20,23). The molecule has 0 spiro atoms. The summed E-state index contributed by atoms with van der Waals surface area (Å²) in [5.74, 6) is 0.728. The number of piperidine rings is 1. The van der Waals surface area contributed by atoms with Crippen molar-refractivity contribution in [3.8, 4) is 0 Å². The van der Waals surface area contributed by atoms with Crippen molar-refractivity contribution < 1.29 is 4.79 Å². The zero-order valence-corrected chi connectivity index (χ0v) is 15.5. The van der Waals surface area contributed by atoms with Crippen molar-refractivity contribution >= 4 is 6.03 Å². The van der Waals surface area contributed by atoms with Crippen molar-refractivity contribution in [1.29, 1.82) is 0 Å². The van der Waals surface area contributed by atoms with Gasteiger partial charge >= 0.3 is 6.03 Å². The molecule has 2 rings (SSSR count). The van der Waals surface area contributed by atoms with Gasteiger partial charge in [-0.1, -0.05) is 46.0 Å². The van der Waals surface area contributed by atoms with E-state index < -0.39 is 0 Å². The highest BCUT2D eigenvalue weighted by Crippen LogP contribution is 2.21. The number of urea groups is 1. The normalized spacial score (nSPS) is 22.6.